The SMILES string of the molecule is NCCN(CC(=O)Nc1ccccc1F)C1CCC1. The Morgan fingerprint density at radius 3 is 2.74 bits per heavy atom. The summed E-state index contributed by atoms with van der Waals surface area (Å²) in [5.41, 5.74) is 5.80. The van der Waals surface area contributed by atoms with Crippen LogP contribution in [0.1, 0.15) is 19.3 Å². The number of hydrogen-bond acceptors (Lipinski definition) is 3. The van der Waals surface area contributed by atoms with Gasteiger partial charge in [-0.05, 0) is 25.0 Å². The molecule has 1 aliphatic carbocycles. The number of amides is 1. The van der Waals surface area contributed by atoms with Crippen LogP contribution in [0.5, 0.6) is 0 Å². The Bertz CT molecular complexity index is 434. The first-order valence-electron chi connectivity index (χ1n) is 6.69. The summed E-state index contributed by atoms with van der Waals surface area (Å²) in [7, 11) is 0. The van der Waals surface area contributed by atoms with Gasteiger partial charge in [0.05, 0.1) is 12.2 Å². The Kier molecular flexibility index (Phi) is 4.87. The Morgan fingerprint density at radius 1 is 1.42 bits per heavy atom. The number of benzene rings is 1. The fraction of sp³-hybridized carbons (Fsp3) is 0.500. The highest BCUT2D eigenvalue weighted by Gasteiger charge is 2.25. The van der Waals surface area contributed by atoms with Gasteiger partial charge in [-0.2, -0.15) is 0 Å². The maximum absolute atomic E-state index is 13.4. The van der Waals surface area contributed by atoms with Crippen LogP contribution in [0.25, 0.3) is 0 Å². The first-order chi connectivity index (χ1) is 9.20. The molecule has 0 heterocycles. The Balaban J connectivity index is 1.90. The predicted octanol–water partition coefficient (Wildman–Crippen LogP) is 1.58. The number of anilines is 1. The molecule has 1 amide bonds. The van der Waals surface area contributed by atoms with Crippen molar-refractivity contribution in [3.63, 3.8) is 0 Å². The van der Waals surface area contributed by atoms with Crippen molar-refractivity contribution in [2.75, 3.05) is 25.0 Å². The van der Waals surface area contributed by atoms with Crippen LogP contribution in [-0.4, -0.2) is 36.5 Å². The molecule has 1 fully saturated rings. The summed E-state index contributed by atoms with van der Waals surface area (Å²) in [6.45, 7) is 1.51. The van der Waals surface area contributed by atoms with E-state index in [1.54, 1.807) is 18.2 Å². The summed E-state index contributed by atoms with van der Waals surface area (Å²) in [5, 5.41) is 2.61. The lowest BCUT2D eigenvalue weighted by Crippen LogP contribution is -2.46. The van der Waals surface area contributed by atoms with E-state index in [2.05, 4.69) is 10.2 Å². The lowest BCUT2D eigenvalue weighted by molar-refractivity contribution is -0.118. The van der Waals surface area contributed by atoms with E-state index in [1.165, 1.54) is 12.5 Å². The second-order valence-electron chi connectivity index (χ2n) is 4.87. The van der Waals surface area contributed by atoms with Crippen LogP contribution in [0.15, 0.2) is 24.3 Å². The molecule has 104 valence electrons. The number of nitrogens with zero attached hydrogens (tertiary/aromatic N) is 1. The van der Waals surface area contributed by atoms with Crippen molar-refractivity contribution in [1.82, 2.24) is 4.90 Å². The fourth-order valence-electron chi connectivity index (χ4n) is 2.25. The van der Waals surface area contributed by atoms with E-state index < -0.39 is 5.82 Å². The van der Waals surface area contributed by atoms with Gasteiger partial charge < -0.3 is 11.1 Å². The first kappa shape index (κ1) is 14.0. The number of halogens is 1. The number of carbonyl (C=O) groups is 1. The standard InChI is InChI=1S/C14H20FN3O/c15-12-6-1-2-7-13(12)17-14(19)10-18(9-8-16)11-4-3-5-11/h1-2,6-7,11H,3-5,8-10,16H2,(H,17,19). The molecule has 1 aromatic rings. The summed E-state index contributed by atoms with van der Waals surface area (Å²) in [5.74, 6) is -0.602. The molecule has 3 N–H and O–H groups in total. The lowest BCUT2D eigenvalue weighted by Gasteiger charge is -2.36. The molecule has 0 aromatic heterocycles. The van der Waals surface area contributed by atoms with Crippen LogP contribution in [0.3, 0.4) is 0 Å². The summed E-state index contributed by atoms with van der Waals surface area (Å²) in [4.78, 5) is 14.0. The average Bonchev–Trinajstić information content (AvgIpc) is 2.30. The third-order valence-corrected chi connectivity index (χ3v) is 3.50. The number of nitrogens with two attached hydrogens (primary N) is 1. The van der Waals surface area contributed by atoms with Crippen molar-refractivity contribution in [2.24, 2.45) is 5.73 Å². The summed E-state index contributed by atoms with van der Waals surface area (Å²) in [6.07, 6.45) is 3.45. The number of hydrogen-bond donors (Lipinski definition) is 2. The molecule has 0 bridgehead atoms. The van der Waals surface area contributed by atoms with Crippen LogP contribution in [-0.2, 0) is 4.79 Å². The van der Waals surface area contributed by atoms with Crippen molar-refractivity contribution >= 4 is 11.6 Å². The molecule has 0 unspecified atom stereocenters. The van der Waals surface area contributed by atoms with Gasteiger partial charge in [0.2, 0.25) is 5.91 Å². The summed E-state index contributed by atoms with van der Waals surface area (Å²) < 4.78 is 13.4. The molecule has 1 saturated carbocycles. The highest BCUT2D eigenvalue weighted by atomic mass is 19.1. The van der Waals surface area contributed by atoms with Gasteiger partial charge >= 0.3 is 0 Å². The van der Waals surface area contributed by atoms with E-state index in [9.17, 15) is 9.18 Å². The third kappa shape index (κ3) is 3.75. The van der Waals surface area contributed by atoms with Crippen LogP contribution in [0, 0.1) is 5.82 Å². The zero-order chi connectivity index (χ0) is 13.7. The van der Waals surface area contributed by atoms with Gasteiger partial charge in [0.25, 0.3) is 0 Å². The largest absolute Gasteiger partial charge is 0.329 e. The van der Waals surface area contributed by atoms with Crippen LogP contribution in [0.4, 0.5) is 10.1 Å². The normalized spacial score (nSPS) is 15.3. The van der Waals surface area contributed by atoms with Gasteiger partial charge in [-0.25, -0.2) is 4.39 Å². The first-order valence-corrected chi connectivity index (χ1v) is 6.69. The van der Waals surface area contributed by atoms with E-state index >= 15 is 0 Å². The second kappa shape index (κ2) is 6.63. The quantitative estimate of drug-likeness (QED) is 0.821. The van der Waals surface area contributed by atoms with E-state index in [-0.39, 0.29) is 18.1 Å². The van der Waals surface area contributed by atoms with E-state index in [0.29, 0.717) is 19.1 Å². The van der Waals surface area contributed by atoms with Gasteiger partial charge in [0, 0.05) is 19.1 Å². The molecule has 0 saturated heterocycles. The molecule has 4 nitrogen and oxygen atoms in total. The third-order valence-electron chi connectivity index (χ3n) is 3.50. The zero-order valence-corrected chi connectivity index (χ0v) is 10.9. The van der Waals surface area contributed by atoms with Crippen LogP contribution >= 0.6 is 0 Å². The molecule has 0 aliphatic heterocycles. The van der Waals surface area contributed by atoms with Crippen LogP contribution in [0.2, 0.25) is 0 Å². The van der Waals surface area contributed by atoms with Crippen molar-refractivity contribution < 1.29 is 9.18 Å². The van der Waals surface area contributed by atoms with Gasteiger partial charge in [-0.15, -0.1) is 0 Å². The lowest BCUT2D eigenvalue weighted by atomic mass is 9.91. The smallest absolute Gasteiger partial charge is 0.238 e. The van der Waals surface area contributed by atoms with E-state index in [1.807, 2.05) is 0 Å². The van der Waals surface area contributed by atoms with Crippen LogP contribution < -0.4 is 11.1 Å². The molecule has 5 heteroatoms. The highest BCUT2D eigenvalue weighted by molar-refractivity contribution is 5.92. The molecule has 19 heavy (non-hydrogen) atoms. The minimum absolute atomic E-state index is 0.189. The van der Waals surface area contributed by atoms with Gasteiger partial charge in [-0.3, -0.25) is 9.69 Å². The Morgan fingerprint density at radius 2 is 2.16 bits per heavy atom. The number of carbonyl (C=O) groups excluding carboxylic acids is 1. The summed E-state index contributed by atoms with van der Waals surface area (Å²) in [6, 6.07) is 6.64. The molecular weight excluding hydrogens is 245 g/mol. The Hall–Kier alpha value is -1.46. The zero-order valence-electron chi connectivity index (χ0n) is 10.9. The minimum atomic E-state index is -0.412. The second-order valence-corrected chi connectivity index (χ2v) is 4.87. The van der Waals surface area contributed by atoms with Crippen molar-refractivity contribution in [2.45, 2.75) is 25.3 Å². The Labute approximate surface area is 112 Å². The van der Waals surface area contributed by atoms with Crippen molar-refractivity contribution in [3.05, 3.63) is 30.1 Å². The number of nitrogens with one attached hydrogen (secondary N) is 1. The average molecular weight is 265 g/mol. The predicted molar refractivity (Wildman–Crippen MR) is 73.3 cm³/mol. The number of rotatable bonds is 6. The minimum Gasteiger partial charge on any atom is -0.329 e. The van der Waals surface area contributed by atoms with Crippen molar-refractivity contribution in [1.29, 1.82) is 0 Å². The molecule has 1 aromatic carbocycles. The molecule has 0 radical (unpaired) electrons. The fourth-order valence-corrected chi connectivity index (χ4v) is 2.25. The molecular formula is C14H20FN3O. The van der Waals surface area contributed by atoms with Crippen molar-refractivity contribution in [3.8, 4) is 0 Å². The molecule has 0 atom stereocenters. The maximum Gasteiger partial charge on any atom is 0.238 e. The van der Waals surface area contributed by atoms with Gasteiger partial charge in [-0.1, -0.05) is 18.6 Å². The van der Waals surface area contributed by atoms with Gasteiger partial charge in [0.1, 0.15) is 5.82 Å². The molecule has 0 spiro atoms. The topological polar surface area (TPSA) is 58.4 Å². The number of para-hydroxylation sites is 1. The van der Waals surface area contributed by atoms with E-state index in [0.717, 1.165) is 12.8 Å². The maximum atomic E-state index is 13.4. The van der Waals surface area contributed by atoms with E-state index in [4.69, 9.17) is 5.73 Å². The molecule has 2 rings (SSSR count). The monoisotopic (exact) mass is 265 g/mol. The molecule has 1 aliphatic rings. The summed E-state index contributed by atoms with van der Waals surface area (Å²) >= 11 is 0. The van der Waals surface area contributed by atoms with Gasteiger partial charge in [0.15, 0.2) is 0 Å². The highest BCUT2D eigenvalue weighted by Crippen LogP contribution is 2.24.